The molecule has 0 aromatic heterocycles. The minimum Gasteiger partial charge on any atom is -0.404 e. The van der Waals surface area contributed by atoms with Crippen LogP contribution in [0.3, 0.4) is 0 Å². The number of hydrogen-bond acceptors (Lipinski definition) is 10. The minimum absolute atomic E-state index is 0.0729. The van der Waals surface area contributed by atoms with Gasteiger partial charge in [-0.3, -0.25) is 44.2 Å². The van der Waals surface area contributed by atoms with Gasteiger partial charge in [-0.2, -0.15) is 0 Å². The van der Waals surface area contributed by atoms with Crippen molar-refractivity contribution in [3.05, 3.63) is 65.4 Å². The van der Waals surface area contributed by atoms with E-state index in [1.807, 2.05) is 48.5 Å². The third kappa shape index (κ3) is 6.85. The smallest absolute Gasteiger partial charge is 0.262 e. The summed E-state index contributed by atoms with van der Waals surface area (Å²) in [5.74, 6) is -2.12. The zero-order valence-corrected chi connectivity index (χ0v) is 26.9. The number of carbonyl (C=O) groups excluding carboxylic acids is 5. The van der Waals surface area contributed by atoms with Crippen molar-refractivity contribution in [2.75, 3.05) is 30.3 Å². The second-order valence-corrected chi connectivity index (χ2v) is 12.6. The summed E-state index contributed by atoms with van der Waals surface area (Å²) in [6, 6.07) is 11.7. The molecule has 5 N–H and O–H groups in total. The quantitative estimate of drug-likeness (QED) is 0.172. The van der Waals surface area contributed by atoms with E-state index < -0.39 is 29.7 Å². The Kier molecular flexibility index (Phi) is 9.65. The zero-order chi connectivity index (χ0) is 33.8. The maximum atomic E-state index is 13.2. The normalized spacial score (nSPS) is 22.0. The highest BCUT2D eigenvalue weighted by molar-refractivity contribution is 6.23. The molecule has 4 aliphatic rings. The molecule has 0 spiro atoms. The standard InChI is InChI=1S/C35H40N8O5/c1-21(5-4-14-37-24-8-9-25-26(17-24)35(48)43(34(25)47)30-10-11-31(44)41-32(30)45)33(46)42-15-12-23(13-16-42)38-19-22(18-36)29-20-39-27-6-2-3-7-28(27)40-29/h2-3,6-9,17-21,23,29-30,37,40H,4-5,10-16,36H2,1H3,(H,41,44,45)/b22-18+,38-19?. The molecule has 3 unspecified atom stereocenters. The number of likely N-dealkylation sites (tertiary alicyclic amines) is 1. The van der Waals surface area contributed by atoms with Gasteiger partial charge >= 0.3 is 0 Å². The summed E-state index contributed by atoms with van der Waals surface area (Å²) in [5.41, 5.74) is 9.74. The monoisotopic (exact) mass is 652 g/mol. The van der Waals surface area contributed by atoms with Gasteiger partial charge in [-0.25, -0.2) is 0 Å². The van der Waals surface area contributed by atoms with E-state index in [2.05, 4.69) is 20.9 Å². The Hall–Kier alpha value is -5.33. The first-order chi connectivity index (χ1) is 23.2. The minimum atomic E-state index is -0.997. The molecule has 4 aliphatic heterocycles. The van der Waals surface area contributed by atoms with E-state index in [0.29, 0.717) is 31.7 Å². The molecule has 2 saturated heterocycles. The molecule has 0 saturated carbocycles. The van der Waals surface area contributed by atoms with E-state index in [0.717, 1.165) is 41.1 Å². The van der Waals surface area contributed by atoms with Gasteiger partial charge in [0.1, 0.15) is 6.04 Å². The summed E-state index contributed by atoms with van der Waals surface area (Å²) in [6.45, 7) is 3.83. The lowest BCUT2D eigenvalue weighted by Crippen LogP contribution is -2.54. The molecule has 4 heterocycles. The van der Waals surface area contributed by atoms with Gasteiger partial charge in [0.15, 0.2) is 0 Å². The number of benzene rings is 2. The van der Waals surface area contributed by atoms with Crippen LogP contribution in [0.15, 0.2) is 64.2 Å². The van der Waals surface area contributed by atoms with E-state index >= 15 is 0 Å². The van der Waals surface area contributed by atoms with Crippen LogP contribution in [0, 0.1) is 5.92 Å². The summed E-state index contributed by atoms with van der Waals surface area (Å²) in [7, 11) is 0. The van der Waals surface area contributed by atoms with Crippen molar-refractivity contribution in [2.24, 2.45) is 21.6 Å². The van der Waals surface area contributed by atoms with Gasteiger partial charge in [0.2, 0.25) is 17.7 Å². The van der Waals surface area contributed by atoms with E-state index in [1.165, 1.54) is 0 Å². The van der Waals surface area contributed by atoms with Gasteiger partial charge in [0, 0.05) is 61.9 Å². The fraction of sp³-hybridized carbons (Fsp3) is 0.400. The molecule has 250 valence electrons. The van der Waals surface area contributed by atoms with Gasteiger partial charge in [-0.05, 0) is 62.4 Å². The summed E-state index contributed by atoms with van der Waals surface area (Å²) >= 11 is 0. The lowest BCUT2D eigenvalue weighted by atomic mass is 10.00. The number of hydrogen-bond donors (Lipinski definition) is 4. The number of para-hydroxylation sites is 2. The van der Waals surface area contributed by atoms with Gasteiger partial charge < -0.3 is 21.3 Å². The Morgan fingerprint density at radius 2 is 1.85 bits per heavy atom. The average molecular weight is 653 g/mol. The number of rotatable bonds is 10. The molecule has 0 aliphatic carbocycles. The SMILES string of the molecule is CC(CCCNc1ccc2c(c1)C(=O)N(C1CCC(=O)NC1=O)C2=O)C(=O)N1CCC(N=C/C(=C\N)C2C=Nc3ccccc3N2)CC1. The van der Waals surface area contributed by atoms with Crippen LogP contribution in [0.25, 0.3) is 0 Å². The first-order valence-electron chi connectivity index (χ1n) is 16.5. The second kappa shape index (κ2) is 14.2. The first-order valence-corrected chi connectivity index (χ1v) is 16.5. The second-order valence-electron chi connectivity index (χ2n) is 12.6. The predicted octanol–water partition coefficient (Wildman–Crippen LogP) is 3.02. The van der Waals surface area contributed by atoms with Crippen LogP contribution in [0.2, 0.25) is 0 Å². The number of nitrogens with zero attached hydrogens (tertiary/aromatic N) is 4. The number of nitrogens with two attached hydrogens (primary N) is 1. The van der Waals surface area contributed by atoms with Crippen molar-refractivity contribution in [2.45, 2.75) is 63.6 Å². The molecular weight excluding hydrogens is 612 g/mol. The first kappa shape index (κ1) is 32.6. The fourth-order valence-corrected chi connectivity index (χ4v) is 6.55. The van der Waals surface area contributed by atoms with Crippen LogP contribution >= 0.6 is 0 Å². The Morgan fingerprint density at radius 1 is 1.08 bits per heavy atom. The number of amides is 5. The van der Waals surface area contributed by atoms with Crippen molar-refractivity contribution in [3.8, 4) is 0 Å². The number of anilines is 2. The maximum absolute atomic E-state index is 13.2. The summed E-state index contributed by atoms with van der Waals surface area (Å²) in [5, 5.41) is 8.92. The van der Waals surface area contributed by atoms with Gasteiger partial charge in [0.25, 0.3) is 11.8 Å². The molecule has 2 aromatic rings. The molecule has 3 atom stereocenters. The third-order valence-corrected chi connectivity index (χ3v) is 9.34. The number of piperidine rings is 2. The van der Waals surface area contributed by atoms with Crippen LogP contribution in [-0.4, -0.2) is 89.5 Å². The molecule has 2 fully saturated rings. The molecule has 13 nitrogen and oxygen atoms in total. The Labute approximate surface area is 278 Å². The van der Waals surface area contributed by atoms with Crippen molar-refractivity contribution in [1.29, 1.82) is 0 Å². The molecule has 5 amide bonds. The summed E-state index contributed by atoms with van der Waals surface area (Å²) < 4.78 is 0. The number of carbonyl (C=O) groups is 5. The highest BCUT2D eigenvalue weighted by Crippen LogP contribution is 2.30. The van der Waals surface area contributed by atoms with E-state index in [-0.39, 0.29) is 47.9 Å². The fourth-order valence-electron chi connectivity index (χ4n) is 6.55. The number of fused-ring (bicyclic) bond motifs is 2. The van der Waals surface area contributed by atoms with Crippen molar-refractivity contribution >= 4 is 59.0 Å². The van der Waals surface area contributed by atoms with Crippen LogP contribution in [0.1, 0.15) is 66.2 Å². The van der Waals surface area contributed by atoms with Crippen LogP contribution in [-0.2, 0) is 14.4 Å². The number of imide groups is 2. The van der Waals surface area contributed by atoms with Gasteiger partial charge in [-0.15, -0.1) is 0 Å². The molecule has 2 aromatic carbocycles. The van der Waals surface area contributed by atoms with Crippen molar-refractivity contribution in [3.63, 3.8) is 0 Å². The summed E-state index contributed by atoms with van der Waals surface area (Å²) in [4.78, 5) is 75.2. The van der Waals surface area contributed by atoms with Crippen molar-refractivity contribution < 1.29 is 24.0 Å². The van der Waals surface area contributed by atoms with Crippen LogP contribution in [0.4, 0.5) is 17.1 Å². The molecular formula is C35H40N8O5. The van der Waals surface area contributed by atoms with Gasteiger partial charge in [0.05, 0.1) is 34.6 Å². The molecule has 13 heteroatoms. The predicted molar refractivity (Wildman–Crippen MR) is 182 cm³/mol. The summed E-state index contributed by atoms with van der Waals surface area (Å²) in [6.07, 6.45) is 8.38. The number of nitrogens with one attached hydrogen (secondary N) is 3. The highest BCUT2D eigenvalue weighted by Gasteiger charge is 2.44. The number of aliphatic imine (C=N–C) groups is 2. The largest absolute Gasteiger partial charge is 0.404 e. The van der Waals surface area contributed by atoms with E-state index in [9.17, 15) is 24.0 Å². The third-order valence-electron chi connectivity index (χ3n) is 9.34. The van der Waals surface area contributed by atoms with Crippen LogP contribution < -0.4 is 21.7 Å². The average Bonchev–Trinajstić information content (AvgIpc) is 3.35. The Bertz CT molecular complexity index is 1710. The Morgan fingerprint density at radius 3 is 2.62 bits per heavy atom. The lowest BCUT2D eigenvalue weighted by molar-refractivity contribution is -0.137. The Balaban J connectivity index is 0.928. The van der Waals surface area contributed by atoms with E-state index in [4.69, 9.17) is 10.7 Å². The molecule has 0 radical (unpaired) electrons. The van der Waals surface area contributed by atoms with Crippen molar-refractivity contribution in [1.82, 2.24) is 15.1 Å². The molecule has 0 bridgehead atoms. The molecule has 6 rings (SSSR count). The highest BCUT2D eigenvalue weighted by atomic mass is 16.2. The van der Waals surface area contributed by atoms with Crippen LogP contribution in [0.5, 0.6) is 0 Å². The van der Waals surface area contributed by atoms with Gasteiger partial charge in [-0.1, -0.05) is 19.1 Å². The molecule has 48 heavy (non-hydrogen) atoms. The topological polar surface area (TPSA) is 179 Å². The lowest BCUT2D eigenvalue weighted by Gasteiger charge is -2.32. The van der Waals surface area contributed by atoms with E-state index in [1.54, 1.807) is 24.4 Å². The zero-order valence-electron chi connectivity index (χ0n) is 26.9. The maximum Gasteiger partial charge on any atom is 0.262 e.